The van der Waals surface area contributed by atoms with E-state index in [1.165, 1.54) is 0 Å². The van der Waals surface area contributed by atoms with Gasteiger partial charge in [0, 0.05) is 62.9 Å². The van der Waals surface area contributed by atoms with Crippen molar-refractivity contribution in [1.82, 2.24) is 24.6 Å². The van der Waals surface area contributed by atoms with Gasteiger partial charge >= 0.3 is 0 Å². The fourth-order valence-electron chi connectivity index (χ4n) is 4.45. The maximum atomic E-state index is 12.2. The maximum absolute atomic E-state index is 12.2. The molecule has 41 heavy (non-hydrogen) atoms. The largest absolute Gasteiger partial charge is 0.494 e. The van der Waals surface area contributed by atoms with Crippen LogP contribution < -0.4 is 10.1 Å². The lowest BCUT2D eigenvalue weighted by atomic mass is 10.1. The van der Waals surface area contributed by atoms with Crippen LogP contribution in [-0.2, 0) is 21.2 Å². The van der Waals surface area contributed by atoms with Crippen LogP contribution in [0.2, 0.25) is 0 Å². The molecule has 0 bridgehead atoms. The van der Waals surface area contributed by atoms with Crippen LogP contribution in [0.1, 0.15) is 65.2 Å². The average molecular weight is 585 g/mol. The highest BCUT2D eigenvalue weighted by molar-refractivity contribution is 7.90. The third-order valence-electron chi connectivity index (χ3n) is 6.79. The summed E-state index contributed by atoms with van der Waals surface area (Å²) in [6.07, 6.45) is 12.6. The molecule has 10 nitrogen and oxygen atoms in total. The summed E-state index contributed by atoms with van der Waals surface area (Å²) < 4.78 is 32.2. The second kappa shape index (κ2) is 16.7. The Morgan fingerprint density at radius 3 is 2.34 bits per heavy atom. The van der Waals surface area contributed by atoms with Crippen LogP contribution in [0.15, 0.2) is 53.9 Å². The first-order valence-corrected chi connectivity index (χ1v) is 16.5. The Hall–Kier alpha value is -3.47. The Kier molecular flexibility index (Phi) is 13.1. The van der Waals surface area contributed by atoms with Crippen molar-refractivity contribution in [2.45, 2.75) is 76.9 Å². The maximum Gasteiger partial charge on any atom is 0.249 e. The minimum absolute atomic E-state index is 0.208. The summed E-state index contributed by atoms with van der Waals surface area (Å²) in [6, 6.07) is 11.2. The second-order valence-electron chi connectivity index (χ2n) is 10.1. The number of aromatic nitrogens is 4. The van der Waals surface area contributed by atoms with E-state index in [1.807, 2.05) is 60.0 Å². The smallest absolute Gasteiger partial charge is 0.249 e. The minimum atomic E-state index is -3.58. The topological polar surface area (TPSA) is 119 Å². The quantitative estimate of drug-likeness (QED) is 0.150. The van der Waals surface area contributed by atoms with Crippen molar-refractivity contribution < 1.29 is 17.9 Å². The molecule has 0 spiro atoms. The molecule has 0 fully saturated rings. The molecule has 3 rings (SSSR count). The number of benzene rings is 1. The Morgan fingerprint density at radius 2 is 1.68 bits per heavy atom. The Bertz CT molecular complexity index is 1290. The molecule has 1 amide bonds. The van der Waals surface area contributed by atoms with Gasteiger partial charge in [-0.1, -0.05) is 25.7 Å². The van der Waals surface area contributed by atoms with Gasteiger partial charge in [0.1, 0.15) is 11.6 Å². The number of sulfone groups is 1. The van der Waals surface area contributed by atoms with E-state index in [-0.39, 0.29) is 11.1 Å². The van der Waals surface area contributed by atoms with Crippen molar-refractivity contribution in [3.8, 4) is 17.0 Å². The number of aryl methyl sites for hydroxylation is 1. The van der Waals surface area contributed by atoms with Crippen molar-refractivity contribution in [3.05, 3.63) is 48.8 Å². The average Bonchev–Trinajstić information content (AvgIpc) is 3.48. The molecular weight excluding hydrogens is 540 g/mol. The standard InChI is InChI=1S/C30H44N6O4S/c1-4-35(5-2)29(37)14-10-8-6-7-9-11-23-40-26-17-15-25(16-18-26)27-24-28(34-30(33-27)41(3,38)39)31-19-12-21-36-22-13-20-32-36/h13,15-18,20,22,24H,4-12,14,19,21,23H2,1-3H3,(H,31,33,34). The van der Waals surface area contributed by atoms with Crippen LogP contribution >= 0.6 is 0 Å². The third-order valence-corrected chi connectivity index (χ3v) is 7.63. The molecule has 2 heterocycles. The molecule has 3 aromatic rings. The lowest BCUT2D eigenvalue weighted by Crippen LogP contribution is -2.30. The summed E-state index contributed by atoms with van der Waals surface area (Å²) in [5.41, 5.74) is 1.31. The summed E-state index contributed by atoms with van der Waals surface area (Å²) in [5.74, 6) is 1.49. The highest BCUT2D eigenvalue weighted by Crippen LogP contribution is 2.24. The molecule has 0 aliphatic heterocycles. The van der Waals surface area contributed by atoms with Crippen LogP contribution in [0.3, 0.4) is 0 Å². The number of unbranched alkanes of at least 4 members (excludes halogenated alkanes) is 5. The number of ether oxygens (including phenoxy) is 1. The number of carbonyl (C=O) groups is 1. The SMILES string of the molecule is CCN(CC)C(=O)CCCCCCCCOc1ccc(-c2cc(NCCCn3cccn3)nc(S(C)(=O)=O)n2)cc1. The highest BCUT2D eigenvalue weighted by Gasteiger charge is 2.15. The predicted molar refractivity (Wildman–Crippen MR) is 162 cm³/mol. The van der Waals surface area contributed by atoms with Gasteiger partial charge in [0.25, 0.3) is 0 Å². The lowest BCUT2D eigenvalue weighted by Gasteiger charge is -2.18. The molecule has 1 N–H and O–H groups in total. The second-order valence-corrected chi connectivity index (χ2v) is 12.0. The van der Waals surface area contributed by atoms with Crippen molar-refractivity contribution in [3.63, 3.8) is 0 Å². The zero-order valence-electron chi connectivity index (χ0n) is 24.6. The molecule has 0 unspecified atom stereocenters. The fourth-order valence-corrected chi connectivity index (χ4v) is 4.98. The van der Waals surface area contributed by atoms with Gasteiger partial charge in [-0.2, -0.15) is 5.10 Å². The van der Waals surface area contributed by atoms with E-state index in [0.29, 0.717) is 31.1 Å². The number of anilines is 1. The van der Waals surface area contributed by atoms with E-state index in [0.717, 1.165) is 82.1 Å². The molecule has 0 saturated heterocycles. The normalized spacial score (nSPS) is 11.4. The van der Waals surface area contributed by atoms with Crippen LogP contribution in [0.5, 0.6) is 5.75 Å². The van der Waals surface area contributed by atoms with Crippen LogP contribution in [0, 0.1) is 0 Å². The molecule has 2 aromatic heterocycles. The van der Waals surface area contributed by atoms with E-state index in [2.05, 4.69) is 20.4 Å². The molecule has 0 saturated carbocycles. The van der Waals surface area contributed by atoms with Crippen LogP contribution in [0.25, 0.3) is 11.3 Å². The van der Waals surface area contributed by atoms with Gasteiger partial charge in [-0.15, -0.1) is 0 Å². The molecule has 0 radical (unpaired) electrons. The van der Waals surface area contributed by atoms with E-state index in [9.17, 15) is 13.2 Å². The van der Waals surface area contributed by atoms with Gasteiger partial charge in [-0.3, -0.25) is 9.48 Å². The molecule has 1 aromatic carbocycles. The van der Waals surface area contributed by atoms with Gasteiger partial charge in [-0.05, 0) is 63.4 Å². The number of nitrogens with one attached hydrogen (secondary N) is 1. The number of hydrogen-bond donors (Lipinski definition) is 1. The number of nitrogens with zero attached hydrogens (tertiary/aromatic N) is 5. The number of amides is 1. The zero-order chi connectivity index (χ0) is 29.5. The number of rotatable bonds is 19. The number of hydrogen-bond acceptors (Lipinski definition) is 8. The fraction of sp³-hybridized carbons (Fsp3) is 0.533. The van der Waals surface area contributed by atoms with E-state index in [4.69, 9.17) is 4.74 Å². The molecule has 0 atom stereocenters. The summed E-state index contributed by atoms with van der Waals surface area (Å²) in [6.45, 7) is 7.62. The van der Waals surface area contributed by atoms with Gasteiger partial charge in [0.2, 0.25) is 20.9 Å². The molecule has 0 aliphatic carbocycles. The first-order valence-electron chi connectivity index (χ1n) is 14.6. The van der Waals surface area contributed by atoms with E-state index in [1.54, 1.807) is 12.3 Å². The first-order chi connectivity index (χ1) is 19.8. The number of carbonyl (C=O) groups excluding carboxylic acids is 1. The van der Waals surface area contributed by atoms with Crippen molar-refractivity contribution in [1.29, 1.82) is 0 Å². The molecular formula is C30H44N6O4S. The van der Waals surface area contributed by atoms with Gasteiger partial charge in [0.15, 0.2) is 0 Å². The summed E-state index contributed by atoms with van der Waals surface area (Å²) in [5, 5.41) is 7.19. The van der Waals surface area contributed by atoms with E-state index >= 15 is 0 Å². The van der Waals surface area contributed by atoms with Crippen molar-refractivity contribution in [2.24, 2.45) is 0 Å². The molecule has 11 heteroatoms. The monoisotopic (exact) mass is 584 g/mol. The summed E-state index contributed by atoms with van der Waals surface area (Å²) >= 11 is 0. The van der Waals surface area contributed by atoms with Crippen molar-refractivity contribution in [2.75, 3.05) is 37.8 Å². The van der Waals surface area contributed by atoms with Gasteiger partial charge < -0.3 is 15.0 Å². The highest BCUT2D eigenvalue weighted by atomic mass is 32.2. The predicted octanol–water partition coefficient (Wildman–Crippen LogP) is 5.22. The van der Waals surface area contributed by atoms with Crippen LogP contribution in [0.4, 0.5) is 5.82 Å². The Balaban J connectivity index is 1.42. The third kappa shape index (κ3) is 11.1. The molecule has 0 aliphatic rings. The zero-order valence-corrected chi connectivity index (χ0v) is 25.4. The van der Waals surface area contributed by atoms with Crippen LogP contribution in [-0.4, -0.2) is 71.5 Å². The van der Waals surface area contributed by atoms with Crippen molar-refractivity contribution >= 4 is 21.6 Å². The summed E-state index contributed by atoms with van der Waals surface area (Å²) in [7, 11) is -3.58. The van der Waals surface area contributed by atoms with Gasteiger partial charge in [0.05, 0.1) is 12.3 Å². The summed E-state index contributed by atoms with van der Waals surface area (Å²) in [4.78, 5) is 22.4. The van der Waals surface area contributed by atoms with E-state index < -0.39 is 9.84 Å². The minimum Gasteiger partial charge on any atom is -0.494 e. The Morgan fingerprint density at radius 1 is 0.976 bits per heavy atom. The lowest BCUT2D eigenvalue weighted by molar-refractivity contribution is -0.130. The molecule has 224 valence electrons. The van der Waals surface area contributed by atoms with Gasteiger partial charge in [-0.25, -0.2) is 18.4 Å². The Labute approximate surface area is 244 Å². The first kappa shape index (κ1) is 32.0.